The number of aromatic nitrogens is 1. The van der Waals surface area contributed by atoms with Gasteiger partial charge >= 0.3 is 0 Å². The van der Waals surface area contributed by atoms with Gasteiger partial charge in [-0.3, -0.25) is 0 Å². The number of benzene rings is 1. The van der Waals surface area contributed by atoms with Crippen LogP contribution in [0.4, 0.5) is 0 Å². The summed E-state index contributed by atoms with van der Waals surface area (Å²) < 4.78 is 16.5. The minimum Gasteiger partial charge on any atom is -0.486 e. The number of oxazole rings is 1. The molecule has 1 aromatic heterocycles. The summed E-state index contributed by atoms with van der Waals surface area (Å²) in [4.78, 5) is 4.36. The average molecular weight is 246 g/mol. The van der Waals surface area contributed by atoms with Gasteiger partial charge in [-0.2, -0.15) is 0 Å². The van der Waals surface area contributed by atoms with Crippen molar-refractivity contribution in [1.29, 1.82) is 0 Å². The Morgan fingerprint density at radius 1 is 1.22 bits per heavy atom. The van der Waals surface area contributed by atoms with Crippen LogP contribution in [-0.2, 0) is 6.54 Å². The summed E-state index contributed by atoms with van der Waals surface area (Å²) in [7, 11) is 0. The standard InChI is InChI=1S/C13H14N2O3/c1-8-13(15-12(7-14)18-8)9-2-3-10-11(6-9)17-5-4-16-10/h2-3,6H,4-5,7,14H2,1H3. The number of nitrogens with two attached hydrogens (primary N) is 1. The molecule has 0 unspecified atom stereocenters. The number of hydrogen-bond acceptors (Lipinski definition) is 5. The molecule has 94 valence electrons. The predicted octanol–water partition coefficient (Wildman–Crippen LogP) is 1.88. The minimum absolute atomic E-state index is 0.297. The fraction of sp³-hybridized carbons (Fsp3) is 0.308. The molecule has 1 aliphatic heterocycles. The van der Waals surface area contributed by atoms with E-state index >= 15 is 0 Å². The molecule has 2 heterocycles. The SMILES string of the molecule is Cc1oc(CN)nc1-c1ccc2c(c1)OCCO2. The lowest BCUT2D eigenvalue weighted by Gasteiger charge is -2.18. The predicted molar refractivity (Wildman–Crippen MR) is 65.6 cm³/mol. The van der Waals surface area contributed by atoms with Gasteiger partial charge < -0.3 is 19.6 Å². The van der Waals surface area contributed by atoms with E-state index in [0.717, 1.165) is 28.5 Å². The fourth-order valence-electron chi connectivity index (χ4n) is 2.00. The van der Waals surface area contributed by atoms with Gasteiger partial charge in [0.1, 0.15) is 24.7 Å². The molecule has 0 amide bonds. The molecule has 1 aromatic carbocycles. The molecule has 0 fully saturated rings. The van der Waals surface area contributed by atoms with Crippen molar-refractivity contribution < 1.29 is 13.9 Å². The van der Waals surface area contributed by atoms with Gasteiger partial charge in [0.15, 0.2) is 11.5 Å². The first-order valence-corrected chi connectivity index (χ1v) is 5.84. The highest BCUT2D eigenvalue weighted by Crippen LogP contribution is 2.35. The smallest absolute Gasteiger partial charge is 0.208 e. The number of hydrogen-bond donors (Lipinski definition) is 1. The second-order valence-electron chi connectivity index (χ2n) is 4.07. The second-order valence-corrected chi connectivity index (χ2v) is 4.07. The normalized spacial score (nSPS) is 13.7. The van der Waals surface area contributed by atoms with Crippen LogP contribution in [0.1, 0.15) is 11.7 Å². The third-order valence-corrected chi connectivity index (χ3v) is 2.83. The lowest BCUT2D eigenvalue weighted by Crippen LogP contribution is -2.15. The highest BCUT2D eigenvalue weighted by Gasteiger charge is 2.16. The maximum absolute atomic E-state index is 5.55. The molecule has 5 heteroatoms. The molecule has 2 aromatic rings. The van der Waals surface area contributed by atoms with Crippen LogP contribution < -0.4 is 15.2 Å². The van der Waals surface area contributed by atoms with Gasteiger partial charge in [0, 0.05) is 5.56 Å². The molecule has 0 atom stereocenters. The summed E-state index contributed by atoms with van der Waals surface area (Å²) in [5, 5.41) is 0. The van der Waals surface area contributed by atoms with E-state index in [4.69, 9.17) is 19.6 Å². The average Bonchev–Trinajstić information content (AvgIpc) is 2.79. The Hall–Kier alpha value is -2.01. The Kier molecular flexibility index (Phi) is 2.68. The first-order valence-electron chi connectivity index (χ1n) is 5.84. The third kappa shape index (κ3) is 1.82. The summed E-state index contributed by atoms with van der Waals surface area (Å²) in [6, 6.07) is 5.75. The number of aryl methyl sites for hydroxylation is 1. The van der Waals surface area contributed by atoms with E-state index in [-0.39, 0.29) is 0 Å². The zero-order valence-electron chi connectivity index (χ0n) is 10.1. The number of nitrogens with zero attached hydrogens (tertiary/aromatic N) is 1. The molecule has 0 radical (unpaired) electrons. The Labute approximate surface area is 105 Å². The van der Waals surface area contributed by atoms with Crippen LogP contribution >= 0.6 is 0 Å². The first-order chi connectivity index (χ1) is 8.78. The summed E-state index contributed by atoms with van der Waals surface area (Å²) in [6.45, 7) is 3.33. The van der Waals surface area contributed by atoms with Gasteiger partial charge in [0.2, 0.25) is 5.89 Å². The van der Waals surface area contributed by atoms with Crippen molar-refractivity contribution in [2.24, 2.45) is 5.73 Å². The van der Waals surface area contributed by atoms with Crippen molar-refractivity contribution in [2.45, 2.75) is 13.5 Å². The molecule has 0 bridgehead atoms. The maximum Gasteiger partial charge on any atom is 0.208 e. The maximum atomic E-state index is 5.55. The van der Waals surface area contributed by atoms with E-state index in [1.54, 1.807) is 0 Å². The molecule has 2 N–H and O–H groups in total. The van der Waals surface area contributed by atoms with E-state index in [2.05, 4.69) is 4.98 Å². The van der Waals surface area contributed by atoms with E-state index in [0.29, 0.717) is 25.6 Å². The van der Waals surface area contributed by atoms with E-state index in [1.807, 2.05) is 25.1 Å². The van der Waals surface area contributed by atoms with Gasteiger partial charge in [-0.15, -0.1) is 0 Å². The summed E-state index contributed by atoms with van der Waals surface area (Å²) in [5.74, 6) is 2.81. The molecular weight excluding hydrogens is 232 g/mol. The van der Waals surface area contributed by atoms with Gasteiger partial charge in [-0.05, 0) is 25.1 Å². The molecule has 0 saturated carbocycles. The lowest BCUT2D eigenvalue weighted by atomic mass is 10.1. The molecule has 18 heavy (non-hydrogen) atoms. The summed E-state index contributed by atoms with van der Waals surface area (Å²) >= 11 is 0. The number of rotatable bonds is 2. The third-order valence-electron chi connectivity index (χ3n) is 2.83. The summed E-state index contributed by atoms with van der Waals surface area (Å²) in [6.07, 6.45) is 0. The first kappa shape index (κ1) is 11.1. The van der Waals surface area contributed by atoms with Crippen LogP contribution in [0, 0.1) is 6.92 Å². The molecule has 0 aliphatic carbocycles. The van der Waals surface area contributed by atoms with Gasteiger partial charge in [-0.25, -0.2) is 4.98 Å². The molecule has 1 aliphatic rings. The Balaban J connectivity index is 2.03. The molecule has 5 nitrogen and oxygen atoms in total. The van der Waals surface area contributed by atoms with Crippen molar-refractivity contribution in [3.8, 4) is 22.8 Å². The number of ether oxygens (including phenoxy) is 2. The molecule has 3 rings (SSSR count). The Morgan fingerprint density at radius 2 is 2.00 bits per heavy atom. The lowest BCUT2D eigenvalue weighted by molar-refractivity contribution is 0.171. The number of fused-ring (bicyclic) bond motifs is 1. The zero-order chi connectivity index (χ0) is 12.5. The van der Waals surface area contributed by atoms with Crippen LogP contribution in [0.25, 0.3) is 11.3 Å². The zero-order valence-corrected chi connectivity index (χ0v) is 10.1. The van der Waals surface area contributed by atoms with Crippen LogP contribution in [0.3, 0.4) is 0 Å². The largest absolute Gasteiger partial charge is 0.486 e. The van der Waals surface area contributed by atoms with E-state index < -0.39 is 0 Å². The van der Waals surface area contributed by atoms with E-state index in [9.17, 15) is 0 Å². The second kappa shape index (κ2) is 4.34. The minimum atomic E-state index is 0.297. The summed E-state index contributed by atoms with van der Waals surface area (Å²) in [5.41, 5.74) is 7.26. The van der Waals surface area contributed by atoms with Gasteiger partial charge in [0.25, 0.3) is 0 Å². The quantitative estimate of drug-likeness (QED) is 0.876. The van der Waals surface area contributed by atoms with Crippen LogP contribution in [0.5, 0.6) is 11.5 Å². The Bertz CT molecular complexity index is 578. The van der Waals surface area contributed by atoms with Crippen LogP contribution in [0.2, 0.25) is 0 Å². The van der Waals surface area contributed by atoms with E-state index in [1.165, 1.54) is 0 Å². The van der Waals surface area contributed by atoms with Crippen LogP contribution in [-0.4, -0.2) is 18.2 Å². The van der Waals surface area contributed by atoms with Gasteiger partial charge in [-0.1, -0.05) is 0 Å². The highest BCUT2D eigenvalue weighted by atomic mass is 16.6. The van der Waals surface area contributed by atoms with Crippen molar-refractivity contribution in [1.82, 2.24) is 4.98 Å². The molecule has 0 spiro atoms. The Morgan fingerprint density at radius 3 is 2.72 bits per heavy atom. The van der Waals surface area contributed by atoms with Crippen molar-refractivity contribution in [2.75, 3.05) is 13.2 Å². The van der Waals surface area contributed by atoms with Crippen molar-refractivity contribution in [3.05, 3.63) is 29.9 Å². The molecular formula is C13H14N2O3. The van der Waals surface area contributed by atoms with Crippen molar-refractivity contribution >= 4 is 0 Å². The topological polar surface area (TPSA) is 70.5 Å². The fourth-order valence-corrected chi connectivity index (χ4v) is 2.00. The highest BCUT2D eigenvalue weighted by molar-refractivity contribution is 5.65. The van der Waals surface area contributed by atoms with Crippen molar-refractivity contribution in [3.63, 3.8) is 0 Å². The monoisotopic (exact) mass is 246 g/mol. The van der Waals surface area contributed by atoms with Crippen LogP contribution in [0.15, 0.2) is 22.6 Å². The molecule has 0 saturated heterocycles. The van der Waals surface area contributed by atoms with Gasteiger partial charge in [0.05, 0.1) is 6.54 Å².